The molecule has 17 saturated carbocycles. The van der Waals surface area contributed by atoms with Gasteiger partial charge in [0.25, 0.3) is 0 Å². The van der Waals surface area contributed by atoms with Crippen LogP contribution in [-0.2, 0) is 23.9 Å². The van der Waals surface area contributed by atoms with Crippen LogP contribution in [0.15, 0.2) is 0 Å². The number of thioether (sulfide) groups is 4. The lowest BCUT2D eigenvalue weighted by atomic mass is 9.49. The Bertz CT molecular complexity index is 3190. The fraction of sp³-hybridized carbons (Fsp3) is 0.935. The molecule has 17 rings (SSSR count). The lowest BCUT2D eigenvalue weighted by Crippen LogP contribution is -2.52. The summed E-state index contributed by atoms with van der Waals surface area (Å²) in [5.41, 5.74) is -1.74. The molecule has 0 unspecified atom stereocenters. The van der Waals surface area contributed by atoms with Crippen molar-refractivity contribution in [3.63, 3.8) is 0 Å². The molecule has 0 radical (unpaired) electrons. The van der Waals surface area contributed by atoms with Gasteiger partial charge in [0.2, 0.25) is 0 Å². The van der Waals surface area contributed by atoms with Crippen LogP contribution in [0.4, 0.5) is 4.39 Å². The van der Waals surface area contributed by atoms with E-state index in [0.29, 0.717) is 119 Å². The van der Waals surface area contributed by atoms with Gasteiger partial charge in [-0.15, -0.1) is 0 Å². The summed E-state index contributed by atoms with van der Waals surface area (Å²) in [4.78, 5) is 51.0. The minimum absolute atomic E-state index is 0.217. The maximum absolute atomic E-state index is 13.3. The molecule has 17 aliphatic carbocycles. The Balaban J connectivity index is 0.000000120. The molecule has 0 aliphatic heterocycles. The van der Waals surface area contributed by atoms with Gasteiger partial charge in [-0.25, -0.2) is 4.39 Å². The molecular formula is C93H147FO9S4. The van der Waals surface area contributed by atoms with Crippen LogP contribution in [0.25, 0.3) is 0 Å². The van der Waals surface area contributed by atoms with Crippen molar-refractivity contribution >= 4 is 70.2 Å². The fourth-order valence-corrected chi connectivity index (χ4v) is 34.0. The number of Topliss-reactive ketones (excluding diaryl/α,β-unsaturated/α-hetero) is 4. The van der Waals surface area contributed by atoms with E-state index in [1.54, 1.807) is 54.2 Å². The van der Waals surface area contributed by atoms with Crippen LogP contribution in [0.3, 0.4) is 0 Å². The Morgan fingerprint density at radius 3 is 1.00 bits per heavy atom. The van der Waals surface area contributed by atoms with Gasteiger partial charge in [0.15, 0.2) is 0 Å². The van der Waals surface area contributed by atoms with Crippen molar-refractivity contribution < 1.29 is 48.7 Å². The first-order valence-corrected chi connectivity index (χ1v) is 50.2. The molecule has 0 bridgehead atoms. The van der Waals surface area contributed by atoms with Gasteiger partial charge in [-0.2, -0.15) is 47.0 Å². The molecule has 0 aromatic carbocycles. The quantitative estimate of drug-likeness (QED) is 0.115. The summed E-state index contributed by atoms with van der Waals surface area (Å²) < 4.78 is 18.6. The number of carbonyl (C=O) groups excluding carboxylic acids is 4. The normalized spacial score (nSPS) is 50.1. The number of alkyl halides is 1. The summed E-state index contributed by atoms with van der Waals surface area (Å²) in [7, 11) is 1.71. The van der Waals surface area contributed by atoms with Gasteiger partial charge < -0.3 is 25.2 Å². The summed E-state index contributed by atoms with van der Waals surface area (Å²) in [6, 6.07) is 0. The minimum Gasteiger partial charge on any atom is -0.390 e. The standard InChI is InChI=1S/C26H38O2S.C23H38O3S.C22H35FO2S.C22H36O2S/c1-25-12-10-20-19-11-14-26(28,13-9-17-3-4-17)15-18(19)5-6-21(20)22(25)7-8-23(25)24(27)16-29-2;1-22-10-8-17-16-9-11-23(25,14-26-2)12-15(16)4-5-18(17)19(22)6-7-20(22)21(24)13-27-3;1-21-9-7-16-15-8-10-22(25,13-23)11-14(15)3-4-17(16)18(21)5-6-19(21)20(24)12-26-2;1-21(24)10-8-15-14(12-21)4-5-17-16(15)9-11-22(2)18(17)6-7-19(22)20(23)13-25-3/h17-23,28H,3-8,10-12,14-16H2,1-2H3;15-20,25H,4-14H2,1-3H3;14-19,25H,3-13H2,1-2H3;14-19,24H,4-13H2,1-3H3/t18-,19-,20+,21+,22-,23+,25-,26+;15-,16-,17+,18+,19-,20+,22-,23+;14-,15-,16+,17+,18-,19+,21-,22+;14-,15-,16+,17+,18-,19+,21+,22-/m0000/s1. The first-order chi connectivity index (χ1) is 51.1. The lowest BCUT2D eigenvalue weighted by molar-refractivity contribution is -0.134. The zero-order valence-electron chi connectivity index (χ0n) is 68.4. The Labute approximate surface area is 665 Å². The summed E-state index contributed by atoms with van der Waals surface area (Å²) in [5.74, 6) is 28.6. The second kappa shape index (κ2) is 33.4. The molecule has 14 heteroatoms. The van der Waals surface area contributed by atoms with E-state index in [1.165, 1.54) is 154 Å². The highest BCUT2D eigenvalue weighted by molar-refractivity contribution is 7.99. The highest BCUT2D eigenvalue weighted by Gasteiger charge is 2.64. The molecule has 0 heterocycles. The number of carbonyl (C=O) groups is 4. The smallest absolute Gasteiger partial charge is 0.146 e. The highest BCUT2D eigenvalue weighted by Crippen LogP contribution is 2.70. The monoisotopic (exact) mass is 1550 g/mol. The van der Waals surface area contributed by atoms with E-state index in [2.05, 4.69) is 58.3 Å². The van der Waals surface area contributed by atoms with E-state index in [-0.39, 0.29) is 27.6 Å². The number of hydrogen-bond donors (Lipinski definition) is 4. The second-order valence-electron chi connectivity index (χ2n) is 42.1. The number of rotatable bonds is 15. The van der Waals surface area contributed by atoms with Crippen molar-refractivity contribution in [3.05, 3.63) is 0 Å². The predicted octanol–water partition coefficient (Wildman–Crippen LogP) is 19.7. The highest BCUT2D eigenvalue weighted by atomic mass is 32.2. The van der Waals surface area contributed by atoms with Crippen molar-refractivity contribution in [3.8, 4) is 11.8 Å². The summed E-state index contributed by atoms with van der Waals surface area (Å²) in [6.07, 6.45) is 52.2. The van der Waals surface area contributed by atoms with Gasteiger partial charge in [0.1, 0.15) is 35.4 Å². The molecule has 17 fully saturated rings. The number of fused-ring (bicyclic) bond motifs is 20. The number of methoxy groups -OCH3 is 1. The van der Waals surface area contributed by atoms with Crippen molar-refractivity contribution in [2.45, 2.75) is 301 Å². The van der Waals surface area contributed by atoms with Gasteiger partial charge in [0, 0.05) is 36.7 Å². The van der Waals surface area contributed by atoms with Gasteiger partial charge in [-0.05, 0) is 416 Å². The molecule has 4 N–H and O–H groups in total. The molecule has 107 heavy (non-hydrogen) atoms. The van der Waals surface area contributed by atoms with Gasteiger partial charge in [-0.1, -0.05) is 39.5 Å². The zero-order valence-corrected chi connectivity index (χ0v) is 71.7. The second-order valence-corrected chi connectivity index (χ2v) is 45.6. The van der Waals surface area contributed by atoms with Crippen LogP contribution in [0.1, 0.15) is 279 Å². The molecule has 32 atom stereocenters. The predicted molar refractivity (Wildman–Crippen MR) is 440 cm³/mol. The van der Waals surface area contributed by atoms with E-state index >= 15 is 0 Å². The van der Waals surface area contributed by atoms with Crippen LogP contribution in [0.5, 0.6) is 0 Å². The van der Waals surface area contributed by atoms with Crippen LogP contribution in [0, 0.1) is 181 Å². The Morgan fingerprint density at radius 2 is 0.664 bits per heavy atom. The Kier molecular flexibility index (Phi) is 25.9. The SMILES string of the molecule is COC[C@@]1(O)CC[C@H]2[C@@H](CC[C@@H]3[C@@H]2CC[C@]2(C)[C@@H](C(=O)CSC)CC[C@@H]32)C1.CSCC(=O)[C@H]1CC[C@H]2[C@@H]3CC[C@H]4C[C@@](O)(C#CC5CC5)CC[C@@H]4[C@H]3CC[C@]12C.CSCC(=O)[C@H]1CC[C@H]2[C@@H]3CC[C@H]4C[C@@](O)(CF)CC[C@@H]4[C@H]3CC[C@]12C.CSCC(=O)[C@H]1CC[C@H]2[C@@H]3CC[C@H]4C[C@](C)(O)CC[C@@H]4[C@H]3CC[C@]12C. The molecule has 0 saturated heterocycles. The van der Waals surface area contributed by atoms with Crippen molar-refractivity contribution in [1.29, 1.82) is 0 Å². The van der Waals surface area contributed by atoms with Crippen LogP contribution in [-0.4, -0.2) is 134 Å². The first-order valence-electron chi connectivity index (χ1n) is 44.7. The lowest BCUT2D eigenvalue weighted by Gasteiger charge is -2.57. The van der Waals surface area contributed by atoms with Gasteiger partial charge in [0.05, 0.1) is 46.4 Å². The minimum atomic E-state index is -1.04. The average molecular weight is 1560 g/mol. The van der Waals surface area contributed by atoms with E-state index in [0.717, 1.165) is 166 Å². The Morgan fingerprint density at radius 1 is 0.355 bits per heavy atom. The van der Waals surface area contributed by atoms with Crippen LogP contribution < -0.4 is 0 Å². The third kappa shape index (κ3) is 16.2. The fourth-order valence-electron chi connectivity index (χ4n) is 32.1. The van der Waals surface area contributed by atoms with Crippen LogP contribution >= 0.6 is 47.0 Å². The molecule has 0 spiro atoms. The topological polar surface area (TPSA) is 158 Å². The molecular weight excluding hydrogens is 1410 g/mol. The average Bonchev–Trinajstić information content (AvgIpc) is 1.68. The molecule has 0 amide bonds. The number of ketones is 4. The number of ether oxygens (including phenoxy) is 1. The van der Waals surface area contributed by atoms with E-state index in [4.69, 9.17) is 4.74 Å². The Hall–Kier alpha value is -0.630. The van der Waals surface area contributed by atoms with Gasteiger partial charge in [-0.3, -0.25) is 19.2 Å². The largest absolute Gasteiger partial charge is 0.390 e. The summed E-state index contributed by atoms with van der Waals surface area (Å²) >= 11 is 6.76. The molecule has 0 aromatic heterocycles. The summed E-state index contributed by atoms with van der Waals surface area (Å²) in [6.45, 7) is 11.7. The van der Waals surface area contributed by atoms with Crippen molar-refractivity contribution in [2.24, 2.45) is 170 Å². The third-order valence-corrected chi connectivity index (χ3v) is 39.2. The molecule has 604 valence electrons. The maximum atomic E-state index is 13.3. The zero-order chi connectivity index (χ0) is 75.8. The maximum Gasteiger partial charge on any atom is 0.146 e. The van der Waals surface area contributed by atoms with Crippen LogP contribution in [0.2, 0.25) is 0 Å². The third-order valence-electron chi connectivity index (χ3n) is 36.9. The molecule has 17 aliphatic rings. The van der Waals surface area contributed by atoms with Crippen molar-refractivity contribution in [2.75, 3.05) is 68.4 Å². The number of aliphatic hydroxyl groups is 4. The number of halogens is 1. The number of hydrogen-bond acceptors (Lipinski definition) is 13. The van der Waals surface area contributed by atoms with E-state index in [9.17, 15) is 44.0 Å². The molecule has 0 aromatic rings. The first kappa shape index (κ1) is 82.9. The van der Waals surface area contributed by atoms with E-state index < -0.39 is 29.1 Å². The van der Waals surface area contributed by atoms with E-state index in [1.807, 2.05) is 13.2 Å². The summed E-state index contributed by atoms with van der Waals surface area (Å²) in [5, 5.41) is 42.9. The molecule has 9 nitrogen and oxygen atoms in total. The van der Waals surface area contributed by atoms with Crippen molar-refractivity contribution in [1.82, 2.24) is 0 Å². The van der Waals surface area contributed by atoms with Gasteiger partial charge >= 0.3 is 0 Å².